The Morgan fingerprint density at radius 3 is 2.59 bits per heavy atom. The van der Waals surface area contributed by atoms with Gasteiger partial charge in [0.05, 0.1) is 16.1 Å². The van der Waals surface area contributed by atoms with E-state index in [9.17, 15) is 4.79 Å². The minimum atomic E-state index is 0. The van der Waals surface area contributed by atoms with Gasteiger partial charge in [0.25, 0.3) is 5.91 Å². The lowest BCUT2D eigenvalue weighted by Gasteiger charge is -2.30. The Morgan fingerprint density at radius 1 is 1.23 bits per heavy atom. The highest BCUT2D eigenvalue weighted by Crippen LogP contribution is 2.26. The standard InChI is InChI=1S/C15H16ClN3O.2ClH/c16-13-4-3-12(14-11(13)2-1-7-18-14)15(20)19-8-5-10(17)6-9-19;;/h1-4,7,10H,5-6,8-9,17H2;2*1H. The van der Waals surface area contributed by atoms with E-state index in [1.807, 2.05) is 17.0 Å². The lowest BCUT2D eigenvalue weighted by Crippen LogP contribution is -2.42. The molecule has 1 aromatic heterocycles. The summed E-state index contributed by atoms with van der Waals surface area (Å²) >= 11 is 6.16. The molecule has 7 heteroatoms. The molecule has 1 saturated heterocycles. The summed E-state index contributed by atoms with van der Waals surface area (Å²) in [5.74, 6) is 0.0114. The third-order valence-electron chi connectivity index (χ3n) is 3.77. The first-order chi connectivity index (χ1) is 9.66. The van der Waals surface area contributed by atoms with Crippen LogP contribution in [0.2, 0.25) is 5.02 Å². The molecule has 0 aliphatic carbocycles. The molecule has 0 bridgehead atoms. The van der Waals surface area contributed by atoms with Crippen molar-refractivity contribution in [3.8, 4) is 0 Å². The van der Waals surface area contributed by atoms with Crippen LogP contribution in [0.25, 0.3) is 10.9 Å². The number of aromatic nitrogens is 1. The molecule has 2 N–H and O–H groups in total. The average Bonchev–Trinajstić information content (AvgIpc) is 2.48. The Hall–Kier alpha value is -1.07. The summed E-state index contributed by atoms with van der Waals surface area (Å²) in [6.45, 7) is 1.41. The predicted octanol–water partition coefficient (Wildman–Crippen LogP) is 3.30. The molecule has 0 radical (unpaired) electrons. The van der Waals surface area contributed by atoms with Crippen molar-refractivity contribution in [2.45, 2.75) is 18.9 Å². The van der Waals surface area contributed by atoms with E-state index in [-0.39, 0.29) is 36.8 Å². The van der Waals surface area contributed by atoms with E-state index >= 15 is 0 Å². The molecule has 0 atom stereocenters. The molecule has 120 valence electrons. The van der Waals surface area contributed by atoms with Gasteiger partial charge in [-0.3, -0.25) is 9.78 Å². The molecule has 4 nitrogen and oxygen atoms in total. The van der Waals surface area contributed by atoms with Crippen LogP contribution in [0, 0.1) is 0 Å². The van der Waals surface area contributed by atoms with Gasteiger partial charge in [-0.1, -0.05) is 11.6 Å². The third kappa shape index (κ3) is 3.63. The Balaban J connectivity index is 0.00000121. The number of carbonyl (C=O) groups excluding carboxylic acids is 1. The van der Waals surface area contributed by atoms with Gasteiger partial charge in [-0.05, 0) is 37.1 Å². The number of likely N-dealkylation sites (tertiary alicyclic amines) is 1. The fraction of sp³-hybridized carbons (Fsp3) is 0.333. The van der Waals surface area contributed by atoms with Crippen LogP contribution >= 0.6 is 36.4 Å². The summed E-state index contributed by atoms with van der Waals surface area (Å²) < 4.78 is 0. The number of hydrogen-bond acceptors (Lipinski definition) is 3. The van der Waals surface area contributed by atoms with Crippen LogP contribution in [0.3, 0.4) is 0 Å². The van der Waals surface area contributed by atoms with E-state index in [1.54, 1.807) is 18.3 Å². The maximum atomic E-state index is 12.6. The van der Waals surface area contributed by atoms with Crippen molar-refractivity contribution in [1.82, 2.24) is 9.88 Å². The van der Waals surface area contributed by atoms with Crippen LogP contribution in [-0.2, 0) is 0 Å². The number of pyridine rings is 1. The van der Waals surface area contributed by atoms with E-state index in [4.69, 9.17) is 17.3 Å². The lowest BCUT2D eigenvalue weighted by molar-refractivity contribution is 0.0716. The summed E-state index contributed by atoms with van der Waals surface area (Å²) in [6.07, 6.45) is 3.39. The van der Waals surface area contributed by atoms with Gasteiger partial charge < -0.3 is 10.6 Å². The zero-order valence-electron chi connectivity index (χ0n) is 11.9. The first-order valence-corrected chi connectivity index (χ1v) is 7.12. The second-order valence-electron chi connectivity index (χ2n) is 5.12. The Labute approximate surface area is 146 Å². The van der Waals surface area contributed by atoms with Crippen molar-refractivity contribution in [2.24, 2.45) is 5.73 Å². The van der Waals surface area contributed by atoms with E-state index in [1.165, 1.54) is 0 Å². The fourth-order valence-electron chi connectivity index (χ4n) is 2.58. The minimum Gasteiger partial charge on any atom is -0.338 e. The number of nitrogens with two attached hydrogens (primary N) is 1. The van der Waals surface area contributed by atoms with Gasteiger partial charge >= 0.3 is 0 Å². The largest absolute Gasteiger partial charge is 0.338 e. The van der Waals surface area contributed by atoms with Gasteiger partial charge in [0.2, 0.25) is 0 Å². The Kier molecular flexibility index (Phi) is 6.88. The minimum absolute atomic E-state index is 0. The SMILES string of the molecule is Cl.Cl.NC1CCN(C(=O)c2ccc(Cl)c3cccnc23)CC1. The monoisotopic (exact) mass is 361 g/mol. The summed E-state index contributed by atoms with van der Waals surface area (Å²) in [7, 11) is 0. The van der Waals surface area contributed by atoms with Crippen LogP contribution in [0.15, 0.2) is 30.5 Å². The predicted molar refractivity (Wildman–Crippen MR) is 94.4 cm³/mol. The molecule has 2 aromatic rings. The van der Waals surface area contributed by atoms with Crippen molar-refractivity contribution in [2.75, 3.05) is 13.1 Å². The number of hydrogen-bond donors (Lipinski definition) is 1. The van der Waals surface area contributed by atoms with E-state index in [0.29, 0.717) is 29.2 Å². The highest BCUT2D eigenvalue weighted by Gasteiger charge is 2.23. The summed E-state index contributed by atoms with van der Waals surface area (Å²) in [6, 6.07) is 7.43. The number of amides is 1. The zero-order valence-corrected chi connectivity index (χ0v) is 14.3. The van der Waals surface area contributed by atoms with Crippen molar-refractivity contribution < 1.29 is 4.79 Å². The average molecular weight is 363 g/mol. The number of fused-ring (bicyclic) bond motifs is 1. The Morgan fingerprint density at radius 2 is 1.91 bits per heavy atom. The summed E-state index contributed by atoms with van der Waals surface area (Å²) in [5, 5.41) is 1.43. The molecule has 1 fully saturated rings. The molecule has 1 aromatic carbocycles. The normalized spacial score (nSPS) is 15.1. The molecular formula is C15H18Cl3N3O. The molecule has 3 rings (SSSR count). The molecule has 1 aliphatic heterocycles. The molecule has 0 saturated carbocycles. The van der Waals surface area contributed by atoms with E-state index in [0.717, 1.165) is 18.2 Å². The van der Waals surface area contributed by atoms with Gasteiger partial charge in [0.1, 0.15) is 0 Å². The molecule has 1 aliphatic rings. The number of benzene rings is 1. The van der Waals surface area contributed by atoms with Crippen LogP contribution in [0.1, 0.15) is 23.2 Å². The smallest absolute Gasteiger partial charge is 0.256 e. The number of carbonyl (C=O) groups is 1. The van der Waals surface area contributed by atoms with Gasteiger partial charge in [-0.2, -0.15) is 0 Å². The molecule has 22 heavy (non-hydrogen) atoms. The summed E-state index contributed by atoms with van der Waals surface area (Å²) in [4.78, 5) is 18.8. The van der Waals surface area contributed by atoms with Crippen molar-refractivity contribution in [3.63, 3.8) is 0 Å². The van der Waals surface area contributed by atoms with Crippen molar-refractivity contribution >= 4 is 53.2 Å². The topological polar surface area (TPSA) is 59.2 Å². The van der Waals surface area contributed by atoms with E-state index < -0.39 is 0 Å². The number of halogens is 3. The fourth-order valence-corrected chi connectivity index (χ4v) is 2.80. The quantitative estimate of drug-likeness (QED) is 0.847. The second kappa shape index (κ2) is 7.97. The first-order valence-electron chi connectivity index (χ1n) is 6.75. The maximum Gasteiger partial charge on any atom is 0.256 e. The van der Waals surface area contributed by atoms with Crippen molar-refractivity contribution in [3.05, 3.63) is 41.0 Å². The highest BCUT2D eigenvalue weighted by atomic mass is 35.5. The lowest BCUT2D eigenvalue weighted by atomic mass is 10.0. The maximum absolute atomic E-state index is 12.6. The number of rotatable bonds is 1. The number of piperidine rings is 1. The molecule has 0 spiro atoms. The van der Waals surface area contributed by atoms with Gasteiger partial charge in [-0.25, -0.2) is 0 Å². The van der Waals surface area contributed by atoms with Gasteiger partial charge in [0.15, 0.2) is 0 Å². The molecular weight excluding hydrogens is 345 g/mol. The van der Waals surface area contributed by atoms with Crippen LogP contribution in [-0.4, -0.2) is 34.9 Å². The van der Waals surface area contributed by atoms with Gasteiger partial charge in [0, 0.05) is 30.7 Å². The Bertz CT molecular complexity index is 658. The molecule has 1 amide bonds. The second-order valence-corrected chi connectivity index (χ2v) is 5.53. The molecule has 0 unspecified atom stereocenters. The first kappa shape index (κ1) is 19.0. The van der Waals surface area contributed by atoms with Crippen LogP contribution < -0.4 is 5.73 Å². The zero-order chi connectivity index (χ0) is 14.1. The summed E-state index contributed by atoms with van der Waals surface area (Å²) in [5.41, 5.74) is 7.16. The number of nitrogens with zero attached hydrogens (tertiary/aromatic N) is 2. The van der Waals surface area contributed by atoms with Crippen LogP contribution in [0.4, 0.5) is 0 Å². The van der Waals surface area contributed by atoms with E-state index in [2.05, 4.69) is 4.98 Å². The van der Waals surface area contributed by atoms with Gasteiger partial charge in [-0.15, -0.1) is 24.8 Å². The third-order valence-corrected chi connectivity index (χ3v) is 4.10. The highest BCUT2D eigenvalue weighted by molar-refractivity contribution is 6.36. The molecule has 2 heterocycles. The van der Waals surface area contributed by atoms with Crippen molar-refractivity contribution in [1.29, 1.82) is 0 Å². The van der Waals surface area contributed by atoms with Crippen LogP contribution in [0.5, 0.6) is 0 Å².